The van der Waals surface area contributed by atoms with Crippen molar-refractivity contribution in [1.29, 1.82) is 0 Å². The van der Waals surface area contributed by atoms with Gasteiger partial charge in [-0.05, 0) is 32.0 Å². The Morgan fingerprint density at radius 2 is 2.07 bits per heavy atom. The first-order valence-electron chi connectivity index (χ1n) is 5.04. The molecule has 0 spiro atoms. The summed E-state index contributed by atoms with van der Waals surface area (Å²) in [4.78, 5) is 13.4. The fourth-order valence-electron chi connectivity index (χ4n) is 1.79. The van der Waals surface area contributed by atoms with Crippen molar-refractivity contribution in [2.75, 3.05) is 19.6 Å². The first-order valence-corrected chi connectivity index (χ1v) is 5.04. The van der Waals surface area contributed by atoms with Crippen molar-refractivity contribution >= 4 is 5.91 Å². The largest absolute Gasteiger partial charge is 0.332 e. The monoisotopic (exact) mass is 194 g/mol. The van der Waals surface area contributed by atoms with E-state index in [4.69, 9.17) is 0 Å². The Morgan fingerprint density at radius 1 is 1.43 bits per heavy atom. The molecule has 78 valence electrons. The zero-order valence-corrected chi connectivity index (χ0v) is 8.54. The van der Waals surface area contributed by atoms with E-state index in [9.17, 15) is 4.79 Å². The van der Waals surface area contributed by atoms with E-state index < -0.39 is 0 Å². The van der Waals surface area contributed by atoms with E-state index in [1.807, 2.05) is 4.90 Å². The van der Waals surface area contributed by atoms with Gasteiger partial charge in [0.15, 0.2) is 0 Å². The van der Waals surface area contributed by atoms with Gasteiger partial charge in [0, 0.05) is 12.6 Å². The second-order valence-corrected chi connectivity index (χ2v) is 3.46. The minimum Gasteiger partial charge on any atom is -0.332 e. The van der Waals surface area contributed by atoms with Gasteiger partial charge in [0.1, 0.15) is 0 Å². The molecule has 14 heavy (non-hydrogen) atoms. The summed E-state index contributed by atoms with van der Waals surface area (Å²) >= 11 is 0. The summed E-state index contributed by atoms with van der Waals surface area (Å²) in [6, 6.07) is 0.347. The molecule has 1 amide bonds. The molecular formula is C11H18N2O. The van der Waals surface area contributed by atoms with Crippen LogP contribution in [0.1, 0.15) is 12.8 Å². The van der Waals surface area contributed by atoms with E-state index >= 15 is 0 Å². The molecule has 0 radical (unpaired) electrons. The molecule has 1 saturated heterocycles. The SMILES string of the molecule is C=CCN(C(=O)C=C)C1CCNCC1. The first-order chi connectivity index (χ1) is 6.79. The van der Waals surface area contributed by atoms with Crippen LogP contribution in [-0.2, 0) is 4.79 Å². The second kappa shape index (κ2) is 5.60. The van der Waals surface area contributed by atoms with Crippen LogP contribution in [0.2, 0.25) is 0 Å². The van der Waals surface area contributed by atoms with Crippen LogP contribution < -0.4 is 5.32 Å². The highest BCUT2D eigenvalue weighted by Gasteiger charge is 2.22. The average molecular weight is 194 g/mol. The van der Waals surface area contributed by atoms with Crippen molar-refractivity contribution in [1.82, 2.24) is 10.2 Å². The topological polar surface area (TPSA) is 32.3 Å². The Kier molecular flexibility index (Phi) is 4.40. The highest BCUT2D eigenvalue weighted by molar-refractivity contribution is 5.87. The van der Waals surface area contributed by atoms with Gasteiger partial charge in [-0.25, -0.2) is 0 Å². The molecule has 0 unspecified atom stereocenters. The van der Waals surface area contributed by atoms with E-state index in [0.717, 1.165) is 25.9 Å². The van der Waals surface area contributed by atoms with Crippen molar-refractivity contribution in [3.63, 3.8) is 0 Å². The molecule has 1 aliphatic heterocycles. The smallest absolute Gasteiger partial charge is 0.246 e. The molecule has 0 aromatic heterocycles. The van der Waals surface area contributed by atoms with Gasteiger partial charge in [0.25, 0.3) is 0 Å². The molecule has 1 rings (SSSR count). The van der Waals surface area contributed by atoms with E-state index in [-0.39, 0.29) is 5.91 Å². The Morgan fingerprint density at radius 3 is 2.57 bits per heavy atom. The number of rotatable bonds is 4. The first kappa shape index (κ1) is 11.0. The third-order valence-electron chi connectivity index (χ3n) is 2.53. The van der Waals surface area contributed by atoms with Crippen molar-refractivity contribution in [3.8, 4) is 0 Å². The van der Waals surface area contributed by atoms with E-state index in [2.05, 4.69) is 18.5 Å². The van der Waals surface area contributed by atoms with E-state index in [1.165, 1.54) is 6.08 Å². The maximum absolute atomic E-state index is 11.5. The van der Waals surface area contributed by atoms with Gasteiger partial charge in [-0.2, -0.15) is 0 Å². The molecular weight excluding hydrogens is 176 g/mol. The summed E-state index contributed by atoms with van der Waals surface area (Å²) in [5.74, 6) is 0.0109. The number of carbonyl (C=O) groups is 1. The normalized spacial score (nSPS) is 17.4. The number of nitrogens with one attached hydrogen (secondary N) is 1. The lowest BCUT2D eigenvalue weighted by Gasteiger charge is -2.33. The molecule has 0 saturated carbocycles. The zero-order chi connectivity index (χ0) is 10.4. The third kappa shape index (κ3) is 2.70. The fourth-order valence-corrected chi connectivity index (χ4v) is 1.79. The maximum Gasteiger partial charge on any atom is 0.246 e. The van der Waals surface area contributed by atoms with Gasteiger partial charge in [0.05, 0.1) is 0 Å². The Bertz CT molecular complexity index is 219. The summed E-state index contributed by atoms with van der Waals surface area (Å²) in [5, 5.41) is 3.28. The summed E-state index contributed by atoms with van der Waals surface area (Å²) in [5.41, 5.74) is 0. The molecule has 1 N–H and O–H groups in total. The lowest BCUT2D eigenvalue weighted by molar-refractivity contribution is -0.128. The third-order valence-corrected chi connectivity index (χ3v) is 2.53. The van der Waals surface area contributed by atoms with Gasteiger partial charge in [-0.15, -0.1) is 6.58 Å². The molecule has 1 heterocycles. The van der Waals surface area contributed by atoms with Crippen molar-refractivity contribution in [2.24, 2.45) is 0 Å². The Hall–Kier alpha value is -1.09. The van der Waals surface area contributed by atoms with Crippen molar-refractivity contribution in [3.05, 3.63) is 25.3 Å². The summed E-state index contributed by atoms with van der Waals surface area (Å²) < 4.78 is 0. The van der Waals surface area contributed by atoms with E-state index in [1.54, 1.807) is 6.08 Å². The number of hydrogen-bond donors (Lipinski definition) is 1. The quantitative estimate of drug-likeness (QED) is 0.533. The minimum absolute atomic E-state index is 0.0109. The lowest BCUT2D eigenvalue weighted by atomic mass is 10.0. The van der Waals surface area contributed by atoms with Crippen LogP contribution in [0, 0.1) is 0 Å². The van der Waals surface area contributed by atoms with Gasteiger partial charge >= 0.3 is 0 Å². The number of nitrogens with zero attached hydrogens (tertiary/aromatic N) is 1. The Balaban J connectivity index is 2.59. The van der Waals surface area contributed by atoms with Crippen molar-refractivity contribution < 1.29 is 4.79 Å². The number of piperidine rings is 1. The second-order valence-electron chi connectivity index (χ2n) is 3.46. The summed E-state index contributed by atoms with van der Waals surface area (Å²) in [6.45, 7) is 9.78. The molecule has 1 fully saturated rings. The molecule has 0 bridgehead atoms. The predicted molar refractivity (Wildman–Crippen MR) is 58.0 cm³/mol. The molecule has 0 aromatic rings. The molecule has 3 nitrogen and oxygen atoms in total. The van der Waals surface area contributed by atoms with Gasteiger partial charge in [0.2, 0.25) is 5.91 Å². The van der Waals surface area contributed by atoms with Crippen LogP contribution in [0.4, 0.5) is 0 Å². The summed E-state index contributed by atoms with van der Waals surface area (Å²) in [6.07, 6.45) is 5.19. The van der Waals surface area contributed by atoms with Crippen LogP contribution in [0.25, 0.3) is 0 Å². The molecule has 0 atom stereocenters. The van der Waals surface area contributed by atoms with Gasteiger partial charge < -0.3 is 10.2 Å². The van der Waals surface area contributed by atoms with Crippen LogP contribution in [0.5, 0.6) is 0 Å². The average Bonchev–Trinajstić information content (AvgIpc) is 2.26. The Labute approximate surface area is 85.5 Å². The highest BCUT2D eigenvalue weighted by atomic mass is 16.2. The van der Waals surface area contributed by atoms with Gasteiger partial charge in [-0.3, -0.25) is 4.79 Å². The lowest BCUT2D eigenvalue weighted by Crippen LogP contribution is -2.45. The van der Waals surface area contributed by atoms with Crippen LogP contribution >= 0.6 is 0 Å². The fraction of sp³-hybridized carbons (Fsp3) is 0.545. The number of amides is 1. The molecule has 3 heteroatoms. The van der Waals surface area contributed by atoms with Crippen LogP contribution in [0.3, 0.4) is 0 Å². The molecule has 0 aliphatic carbocycles. The predicted octanol–water partition coefficient (Wildman–Crippen LogP) is 0.939. The van der Waals surface area contributed by atoms with Gasteiger partial charge in [-0.1, -0.05) is 12.7 Å². The van der Waals surface area contributed by atoms with Crippen LogP contribution in [-0.4, -0.2) is 36.5 Å². The summed E-state index contributed by atoms with van der Waals surface area (Å²) in [7, 11) is 0. The van der Waals surface area contributed by atoms with Crippen molar-refractivity contribution in [2.45, 2.75) is 18.9 Å². The van der Waals surface area contributed by atoms with Crippen LogP contribution in [0.15, 0.2) is 25.3 Å². The highest BCUT2D eigenvalue weighted by Crippen LogP contribution is 2.12. The van der Waals surface area contributed by atoms with E-state index in [0.29, 0.717) is 12.6 Å². The molecule has 1 aliphatic rings. The maximum atomic E-state index is 11.5. The number of hydrogen-bond acceptors (Lipinski definition) is 2. The zero-order valence-electron chi connectivity index (χ0n) is 8.54. The standard InChI is InChI=1S/C11H18N2O/c1-3-9-13(11(14)4-2)10-5-7-12-8-6-10/h3-4,10,12H,1-2,5-9H2. The molecule has 0 aromatic carbocycles. The number of carbonyl (C=O) groups excluding carboxylic acids is 1. The minimum atomic E-state index is 0.0109.